The Morgan fingerprint density at radius 1 is 1.29 bits per heavy atom. The van der Waals surface area contributed by atoms with Crippen LogP contribution >= 0.6 is 0 Å². The number of non-ortho nitro benzene ring substituents is 1. The van der Waals surface area contributed by atoms with Crippen molar-refractivity contribution in [3.63, 3.8) is 0 Å². The second-order valence-corrected chi connectivity index (χ2v) is 5.65. The Hall–Kier alpha value is -3.86. The number of para-hydroxylation sites is 1. The van der Waals surface area contributed by atoms with Crippen LogP contribution in [0, 0.1) is 21.4 Å². The number of nitro groups is 1. The smallest absolute Gasteiger partial charge is 0.273 e. The summed E-state index contributed by atoms with van der Waals surface area (Å²) in [6.45, 7) is 2.49. The van der Waals surface area contributed by atoms with Crippen molar-refractivity contribution in [3.8, 4) is 17.6 Å². The zero-order chi connectivity index (χ0) is 20.5. The molecule has 0 aliphatic heterocycles. The van der Waals surface area contributed by atoms with Gasteiger partial charge >= 0.3 is 0 Å². The molecule has 0 aliphatic carbocycles. The Morgan fingerprint density at radius 2 is 2.04 bits per heavy atom. The van der Waals surface area contributed by atoms with Crippen molar-refractivity contribution in [3.05, 3.63) is 63.7 Å². The molecular formula is C20H19N3O5. The Kier molecular flexibility index (Phi) is 7.11. The quantitative estimate of drug-likeness (QED) is 0.321. The normalized spacial score (nSPS) is 10.7. The number of methoxy groups -OCH3 is 1. The van der Waals surface area contributed by atoms with E-state index in [1.807, 2.05) is 13.0 Å². The minimum atomic E-state index is -0.667. The first kappa shape index (κ1) is 20.5. The number of anilines is 1. The Bertz CT molecular complexity index is 947. The van der Waals surface area contributed by atoms with E-state index < -0.39 is 10.8 Å². The van der Waals surface area contributed by atoms with Gasteiger partial charge < -0.3 is 14.8 Å². The summed E-state index contributed by atoms with van der Waals surface area (Å²) >= 11 is 0. The second kappa shape index (κ2) is 9.73. The van der Waals surface area contributed by atoms with Gasteiger partial charge in [-0.2, -0.15) is 5.26 Å². The molecule has 1 amide bonds. The fourth-order valence-corrected chi connectivity index (χ4v) is 2.33. The summed E-state index contributed by atoms with van der Waals surface area (Å²) in [6.07, 6.45) is 2.25. The minimum Gasteiger partial charge on any atom is -0.494 e. The van der Waals surface area contributed by atoms with E-state index in [1.54, 1.807) is 24.3 Å². The lowest BCUT2D eigenvalue weighted by Crippen LogP contribution is -2.14. The van der Waals surface area contributed by atoms with Gasteiger partial charge in [0.15, 0.2) is 0 Å². The van der Waals surface area contributed by atoms with E-state index in [1.165, 1.54) is 31.4 Å². The van der Waals surface area contributed by atoms with Crippen molar-refractivity contribution in [2.45, 2.75) is 13.3 Å². The van der Waals surface area contributed by atoms with E-state index in [2.05, 4.69) is 5.32 Å². The van der Waals surface area contributed by atoms with Crippen molar-refractivity contribution in [2.75, 3.05) is 19.0 Å². The largest absolute Gasteiger partial charge is 0.494 e. The highest BCUT2D eigenvalue weighted by Crippen LogP contribution is 2.29. The summed E-state index contributed by atoms with van der Waals surface area (Å²) in [7, 11) is 1.33. The van der Waals surface area contributed by atoms with Crippen LogP contribution < -0.4 is 14.8 Å². The maximum absolute atomic E-state index is 12.5. The first-order valence-corrected chi connectivity index (χ1v) is 8.47. The molecule has 0 heterocycles. The van der Waals surface area contributed by atoms with Crippen molar-refractivity contribution in [2.24, 2.45) is 0 Å². The van der Waals surface area contributed by atoms with Gasteiger partial charge in [-0.1, -0.05) is 25.1 Å². The van der Waals surface area contributed by atoms with Crippen LogP contribution in [0.3, 0.4) is 0 Å². The standard InChI is InChI=1S/C20H19N3O5/c1-3-10-28-18-7-5-4-6-14(18)11-15(13-21)20(24)22-17-9-8-16(23(25)26)12-19(17)27-2/h4-9,11-12H,3,10H2,1-2H3,(H,22,24)/b15-11+. The van der Waals surface area contributed by atoms with Gasteiger partial charge in [0, 0.05) is 11.6 Å². The first-order valence-electron chi connectivity index (χ1n) is 8.47. The number of nitriles is 1. The summed E-state index contributed by atoms with van der Waals surface area (Å²) in [6, 6.07) is 12.7. The molecule has 0 saturated carbocycles. The highest BCUT2D eigenvalue weighted by molar-refractivity contribution is 6.10. The van der Waals surface area contributed by atoms with Gasteiger partial charge in [-0.15, -0.1) is 0 Å². The van der Waals surface area contributed by atoms with Crippen molar-refractivity contribution in [1.29, 1.82) is 5.26 Å². The van der Waals surface area contributed by atoms with E-state index in [9.17, 15) is 20.2 Å². The number of carbonyl (C=O) groups excluding carboxylic acids is 1. The summed E-state index contributed by atoms with van der Waals surface area (Å²) < 4.78 is 10.7. The molecule has 0 bridgehead atoms. The van der Waals surface area contributed by atoms with Crippen LogP contribution in [-0.2, 0) is 4.79 Å². The maximum Gasteiger partial charge on any atom is 0.273 e. The zero-order valence-electron chi connectivity index (χ0n) is 15.5. The highest BCUT2D eigenvalue weighted by atomic mass is 16.6. The van der Waals surface area contributed by atoms with E-state index >= 15 is 0 Å². The molecule has 0 aromatic heterocycles. The van der Waals surface area contributed by atoms with Crippen LogP contribution in [0.4, 0.5) is 11.4 Å². The molecule has 28 heavy (non-hydrogen) atoms. The van der Waals surface area contributed by atoms with E-state index in [4.69, 9.17) is 9.47 Å². The second-order valence-electron chi connectivity index (χ2n) is 5.65. The monoisotopic (exact) mass is 381 g/mol. The molecule has 0 spiro atoms. The van der Waals surface area contributed by atoms with E-state index in [0.717, 1.165) is 6.42 Å². The van der Waals surface area contributed by atoms with Crippen LogP contribution in [0.5, 0.6) is 11.5 Å². The van der Waals surface area contributed by atoms with Gasteiger partial charge in [0.2, 0.25) is 0 Å². The summed E-state index contributed by atoms with van der Waals surface area (Å²) in [5, 5.41) is 22.8. The summed E-state index contributed by atoms with van der Waals surface area (Å²) in [4.78, 5) is 22.8. The Morgan fingerprint density at radius 3 is 2.68 bits per heavy atom. The summed E-state index contributed by atoms with van der Waals surface area (Å²) in [5.41, 5.74) is 0.494. The van der Waals surface area contributed by atoms with Crippen LogP contribution in [0.15, 0.2) is 48.0 Å². The number of benzene rings is 2. The summed E-state index contributed by atoms with van der Waals surface area (Å²) in [5.74, 6) is 0.0179. The SMILES string of the molecule is CCCOc1ccccc1/C=C(\C#N)C(=O)Nc1ccc([N+](=O)[O-])cc1OC. The lowest BCUT2D eigenvalue weighted by atomic mass is 10.1. The molecule has 0 saturated heterocycles. The van der Waals surface area contributed by atoms with E-state index in [-0.39, 0.29) is 22.7 Å². The predicted octanol–water partition coefficient (Wildman–Crippen LogP) is 3.94. The molecule has 0 radical (unpaired) electrons. The maximum atomic E-state index is 12.5. The number of nitrogens with one attached hydrogen (secondary N) is 1. The molecular weight excluding hydrogens is 362 g/mol. The lowest BCUT2D eigenvalue weighted by Gasteiger charge is -2.10. The average molecular weight is 381 g/mol. The molecule has 1 N–H and O–H groups in total. The van der Waals surface area contributed by atoms with Crippen LogP contribution in [0.1, 0.15) is 18.9 Å². The third-order valence-electron chi connectivity index (χ3n) is 3.69. The zero-order valence-corrected chi connectivity index (χ0v) is 15.5. The molecule has 2 aromatic carbocycles. The third-order valence-corrected chi connectivity index (χ3v) is 3.69. The predicted molar refractivity (Wildman–Crippen MR) is 104 cm³/mol. The fraction of sp³-hybridized carbons (Fsp3) is 0.200. The van der Waals surface area contributed by atoms with Crippen molar-refractivity contribution in [1.82, 2.24) is 0 Å². The van der Waals surface area contributed by atoms with Crippen LogP contribution in [0.2, 0.25) is 0 Å². The minimum absolute atomic E-state index is 0.117. The number of rotatable bonds is 8. The molecule has 2 aromatic rings. The Balaban J connectivity index is 2.29. The van der Waals surface area contributed by atoms with Gasteiger partial charge in [0.25, 0.3) is 11.6 Å². The first-order chi connectivity index (χ1) is 13.5. The lowest BCUT2D eigenvalue weighted by molar-refractivity contribution is -0.384. The molecule has 8 heteroatoms. The molecule has 144 valence electrons. The van der Waals surface area contributed by atoms with Gasteiger partial charge in [-0.05, 0) is 24.6 Å². The number of nitrogens with zero attached hydrogens (tertiary/aromatic N) is 2. The number of carbonyl (C=O) groups is 1. The topological polar surface area (TPSA) is 114 Å². The van der Waals surface area contributed by atoms with Crippen LogP contribution in [0.25, 0.3) is 6.08 Å². The molecule has 0 fully saturated rings. The van der Waals surface area contributed by atoms with Crippen molar-refractivity contribution < 1.29 is 19.2 Å². The number of hydrogen-bond donors (Lipinski definition) is 1. The number of hydrogen-bond acceptors (Lipinski definition) is 6. The Labute approximate surface area is 162 Å². The average Bonchev–Trinajstić information content (AvgIpc) is 2.71. The molecule has 0 aliphatic rings. The third kappa shape index (κ3) is 5.08. The van der Waals surface area contributed by atoms with Gasteiger partial charge in [0.05, 0.1) is 30.4 Å². The number of nitro benzene ring substituents is 1. The highest BCUT2D eigenvalue weighted by Gasteiger charge is 2.16. The molecule has 0 unspecified atom stereocenters. The fourth-order valence-electron chi connectivity index (χ4n) is 2.33. The van der Waals surface area contributed by atoms with Gasteiger partial charge in [-0.25, -0.2) is 0 Å². The number of amides is 1. The van der Waals surface area contributed by atoms with Gasteiger partial charge in [-0.3, -0.25) is 14.9 Å². The number of ether oxygens (including phenoxy) is 2. The van der Waals surface area contributed by atoms with Gasteiger partial charge in [0.1, 0.15) is 23.1 Å². The molecule has 2 rings (SSSR count). The molecule has 8 nitrogen and oxygen atoms in total. The molecule has 0 atom stereocenters. The van der Waals surface area contributed by atoms with E-state index in [0.29, 0.717) is 17.9 Å². The van der Waals surface area contributed by atoms with Crippen molar-refractivity contribution >= 4 is 23.4 Å². The van der Waals surface area contributed by atoms with Crippen LogP contribution in [-0.4, -0.2) is 24.5 Å².